The monoisotopic (exact) mass is 308 g/mol. The van der Waals surface area contributed by atoms with E-state index < -0.39 is 0 Å². The van der Waals surface area contributed by atoms with Gasteiger partial charge in [-0.3, -0.25) is 0 Å². The van der Waals surface area contributed by atoms with E-state index >= 15 is 0 Å². The molecule has 1 aromatic rings. The van der Waals surface area contributed by atoms with E-state index in [1.807, 2.05) is 0 Å². The van der Waals surface area contributed by atoms with Crippen molar-refractivity contribution in [1.82, 2.24) is 10.6 Å². The Morgan fingerprint density at radius 1 is 1.33 bits per heavy atom. The lowest BCUT2D eigenvalue weighted by Crippen LogP contribution is -2.58. The van der Waals surface area contributed by atoms with Gasteiger partial charge in [-0.1, -0.05) is 28.9 Å². The molecule has 0 bridgehead atoms. The second-order valence-corrected chi connectivity index (χ2v) is 6.70. The summed E-state index contributed by atoms with van der Waals surface area (Å²) in [6.07, 6.45) is 3.82. The Bertz CT molecular complexity index is 440. The summed E-state index contributed by atoms with van der Waals surface area (Å²) in [5.74, 6) is 0. The predicted octanol–water partition coefficient (Wildman–Crippen LogP) is 2.60. The normalized spacial score (nSPS) is 32.0. The molecule has 1 saturated heterocycles. The molecule has 0 aromatic heterocycles. The number of halogens is 1. The average Bonchev–Trinajstić information content (AvgIpc) is 2.40. The van der Waals surface area contributed by atoms with E-state index in [2.05, 4.69) is 51.7 Å². The van der Waals surface area contributed by atoms with Crippen molar-refractivity contribution in [3.63, 3.8) is 0 Å². The Morgan fingerprint density at radius 3 is 3.00 bits per heavy atom. The minimum absolute atomic E-state index is 0.279. The largest absolute Gasteiger partial charge is 0.314 e. The topological polar surface area (TPSA) is 24.1 Å². The fourth-order valence-electron chi connectivity index (χ4n) is 3.57. The third kappa shape index (κ3) is 2.13. The van der Waals surface area contributed by atoms with Crippen molar-refractivity contribution in [3.05, 3.63) is 33.8 Å². The molecule has 3 heteroatoms. The van der Waals surface area contributed by atoms with E-state index in [-0.39, 0.29) is 5.41 Å². The Balaban J connectivity index is 1.98. The molecule has 3 rings (SSSR count). The summed E-state index contributed by atoms with van der Waals surface area (Å²) >= 11 is 3.60. The highest BCUT2D eigenvalue weighted by atomic mass is 79.9. The van der Waals surface area contributed by atoms with Gasteiger partial charge >= 0.3 is 0 Å². The molecule has 2 unspecified atom stereocenters. The SMILES string of the molecule is CC1(C2CNCCN2)CCCc2cc(Br)ccc21. The van der Waals surface area contributed by atoms with E-state index in [0.717, 1.165) is 19.6 Å². The smallest absolute Gasteiger partial charge is 0.0287 e. The van der Waals surface area contributed by atoms with Crippen LogP contribution in [0.25, 0.3) is 0 Å². The number of aryl methyl sites for hydroxylation is 1. The molecule has 1 aliphatic heterocycles. The van der Waals surface area contributed by atoms with Crippen LogP contribution < -0.4 is 10.6 Å². The molecular weight excluding hydrogens is 288 g/mol. The molecular formula is C15H21BrN2. The molecule has 2 aliphatic rings. The molecule has 1 aromatic carbocycles. The summed E-state index contributed by atoms with van der Waals surface area (Å²) in [7, 11) is 0. The van der Waals surface area contributed by atoms with Crippen molar-refractivity contribution in [1.29, 1.82) is 0 Å². The fraction of sp³-hybridized carbons (Fsp3) is 0.600. The van der Waals surface area contributed by atoms with E-state index in [0.29, 0.717) is 6.04 Å². The third-order valence-electron chi connectivity index (χ3n) is 4.63. The van der Waals surface area contributed by atoms with Crippen molar-refractivity contribution in [2.45, 2.75) is 37.6 Å². The molecule has 2 nitrogen and oxygen atoms in total. The molecule has 2 N–H and O–H groups in total. The van der Waals surface area contributed by atoms with Crippen molar-refractivity contribution < 1.29 is 0 Å². The van der Waals surface area contributed by atoms with E-state index in [4.69, 9.17) is 0 Å². The molecule has 0 amide bonds. The van der Waals surface area contributed by atoms with Gasteiger partial charge in [-0.25, -0.2) is 0 Å². The van der Waals surface area contributed by atoms with Gasteiger partial charge in [0, 0.05) is 35.6 Å². The lowest BCUT2D eigenvalue weighted by Gasteiger charge is -2.44. The van der Waals surface area contributed by atoms with Crippen molar-refractivity contribution in [2.24, 2.45) is 0 Å². The summed E-state index contributed by atoms with van der Waals surface area (Å²) in [5, 5.41) is 7.24. The minimum Gasteiger partial charge on any atom is -0.314 e. The second-order valence-electron chi connectivity index (χ2n) is 5.78. The van der Waals surface area contributed by atoms with E-state index in [1.54, 1.807) is 5.56 Å². The van der Waals surface area contributed by atoms with Crippen LogP contribution in [0.5, 0.6) is 0 Å². The predicted molar refractivity (Wildman–Crippen MR) is 79.1 cm³/mol. The first-order valence-electron chi connectivity index (χ1n) is 6.93. The summed E-state index contributed by atoms with van der Waals surface area (Å²) in [4.78, 5) is 0. The molecule has 1 aliphatic carbocycles. The van der Waals surface area contributed by atoms with E-state index in [9.17, 15) is 0 Å². The number of nitrogens with one attached hydrogen (secondary N) is 2. The van der Waals surface area contributed by atoms with Crippen LogP contribution in [0.4, 0.5) is 0 Å². The van der Waals surface area contributed by atoms with Gasteiger partial charge in [-0.2, -0.15) is 0 Å². The van der Waals surface area contributed by atoms with Crippen LogP contribution in [-0.2, 0) is 11.8 Å². The van der Waals surface area contributed by atoms with Crippen LogP contribution in [0.3, 0.4) is 0 Å². The number of hydrogen-bond donors (Lipinski definition) is 2. The highest BCUT2D eigenvalue weighted by Crippen LogP contribution is 2.40. The quantitative estimate of drug-likeness (QED) is 0.833. The van der Waals surface area contributed by atoms with Crippen LogP contribution in [-0.4, -0.2) is 25.7 Å². The first-order chi connectivity index (χ1) is 8.70. The maximum Gasteiger partial charge on any atom is 0.0287 e. The molecule has 98 valence electrons. The summed E-state index contributed by atoms with van der Waals surface area (Å²) < 4.78 is 1.21. The highest BCUT2D eigenvalue weighted by Gasteiger charge is 2.39. The van der Waals surface area contributed by atoms with Gasteiger partial charge < -0.3 is 10.6 Å². The van der Waals surface area contributed by atoms with Gasteiger partial charge in [0.05, 0.1) is 0 Å². The Labute approximate surface area is 118 Å². The van der Waals surface area contributed by atoms with Crippen LogP contribution in [0, 0.1) is 0 Å². The Hall–Kier alpha value is -0.380. The van der Waals surface area contributed by atoms with Gasteiger partial charge in [0.25, 0.3) is 0 Å². The average molecular weight is 309 g/mol. The lowest BCUT2D eigenvalue weighted by atomic mass is 9.66. The molecule has 2 atom stereocenters. The zero-order valence-corrected chi connectivity index (χ0v) is 12.5. The van der Waals surface area contributed by atoms with Crippen molar-refractivity contribution >= 4 is 15.9 Å². The van der Waals surface area contributed by atoms with E-state index in [1.165, 1.54) is 29.3 Å². The van der Waals surface area contributed by atoms with Gasteiger partial charge in [-0.15, -0.1) is 0 Å². The summed E-state index contributed by atoms with van der Waals surface area (Å²) in [6, 6.07) is 7.39. The number of benzene rings is 1. The molecule has 0 spiro atoms. The Kier molecular flexibility index (Phi) is 3.48. The van der Waals surface area contributed by atoms with Crippen molar-refractivity contribution in [3.8, 4) is 0 Å². The van der Waals surface area contributed by atoms with Gasteiger partial charge in [-0.05, 0) is 42.5 Å². The van der Waals surface area contributed by atoms with Gasteiger partial charge in [0.2, 0.25) is 0 Å². The zero-order valence-electron chi connectivity index (χ0n) is 10.9. The zero-order chi connectivity index (χ0) is 12.6. The number of piperazine rings is 1. The van der Waals surface area contributed by atoms with Crippen LogP contribution in [0.15, 0.2) is 22.7 Å². The van der Waals surface area contributed by atoms with Crippen LogP contribution >= 0.6 is 15.9 Å². The first kappa shape index (κ1) is 12.6. The molecule has 1 heterocycles. The lowest BCUT2D eigenvalue weighted by molar-refractivity contribution is 0.248. The third-order valence-corrected chi connectivity index (χ3v) is 5.13. The minimum atomic E-state index is 0.279. The molecule has 0 radical (unpaired) electrons. The fourth-order valence-corrected chi connectivity index (χ4v) is 3.98. The molecule has 1 fully saturated rings. The van der Waals surface area contributed by atoms with Crippen LogP contribution in [0.1, 0.15) is 30.9 Å². The maximum absolute atomic E-state index is 3.71. The second kappa shape index (κ2) is 4.95. The highest BCUT2D eigenvalue weighted by molar-refractivity contribution is 9.10. The summed E-state index contributed by atoms with van der Waals surface area (Å²) in [6.45, 7) is 5.71. The number of hydrogen-bond acceptors (Lipinski definition) is 2. The number of rotatable bonds is 1. The first-order valence-corrected chi connectivity index (χ1v) is 7.72. The Morgan fingerprint density at radius 2 is 2.22 bits per heavy atom. The van der Waals surface area contributed by atoms with Gasteiger partial charge in [0.15, 0.2) is 0 Å². The maximum atomic E-state index is 3.71. The van der Waals surface area contributed by atoms with Crippen molar-refractivity contribution in [2.75, 3.05) is 19.6 Å². The number of fused-ring (bicyclic) bond motifs is 1. The van der Waals surface area contributed by atoms with Crippen LogP contribution in [0.2, 0.25) is 0 Å². The molecule has 0 saturated carbocycles. The van der Waals surface area contributed by atoms with Gasteiger partial charge in [0.1, 0.15) is 0 Å². The summed E-state index contributed by atoms with van der Waals surface area (Å²) in [5.41, 5.74) is 3.37. The molecule has 18 heavy (non-hydrogen) atoms. The standard InChI is InChI=1S/C15H21BrN2/c1-15(14-10-17-7-8-18-14)6-2-3-11-9-12(16)4-5-13(11)15/h4-5,9,14,17-18H,2-3,6-8,10H2,1H3.